The van der Waals surface area contributed by atoms with Crippen molar-refractivity contribution in [3.63, 3.8) is 0 Å². The second-order valence-electron chi connectivity index (χ2n) is 9.03. The second-order valence-corrected chi connectivity index (χ2v) is 9.03. The molecule has 3 aromatic rings. The zero-order valence-electron chi connectivity index (χ0n) is 18.4. The predicted octanol–water partition coefficient (Wildman–Crippen LogP) is 4.53. The van der Waals surface area contributed by atoms with Gasteiger partial charge < -0.3 is 9.88 Å². The van der Waals surface area contributed by atoms with Crippen LogP contribution in [0.15, 0.2) is 54.6 Å². The molecule has 2 atom stereocenters. The molecule has 0 unspecified atom stereocenters. The summed E-state index contributed by atoms with van der Waals surface area (Å²) in [6.07, 6.45) is 3.49. The molecule has 32 heavy (non-hydrogen) atoms. The number of Topliss-reactive ketones (excluding diaryl/α,β-unsaturated/α-hetero) is 1. The number of hydrogen-bond donors (Lipinski definition) is 1. The molecule has 1 aliphatic heterocycles. The highest BCUT2D eigenvalue weighted by atomic mass is 16.2. The Balaban J connectivity index is 1.55. The number of nitrogens with one attached hydrogen (secondary N) is 1. The van der Waals surface area contributed by atoms with E-state index < -0.39 is 11.6 Å². The van der Waals surface area contributed by atoms with Crippen LogP contribution in [0.2, 0.25) is 0 Å². The average Bonchev–Trinajstić information content (AvgIpc) is 3.23. The number of aromatic nitrogens is 1. The Morgan fingerprint density at radius 1 is 1.06 bits per heavy atom. The highest BCUT2D eigenvalue weighted by Crippen LogP contribution is 2.39. The lowest BCUT2D eigenvalue weighted by Gasteiger charge is -2.36. The lowest BCUT2D eigenvalue weighted by molar-refractivity contribution is -0.133. The Morgan fingerprint density at radius 2 is 1.78 bits per heavy atom. The van der Waals surface area contributed by atoms with E-state index in [2.05, 4.69) is 5.32 Å². The van der Waals surface area contributed by atoms with Crippen LogP contribution in [-0.2, 0) is 11.8 Å². The van der Waals surface area contributed by atoms with Crippen LogP contribution in [-0.4, -0.2) is 39.3 Å². The van der Waals surface area contributed by atoms with Gasteiger partial charge in [-0.3, -0.25) is 14.5 Å². The maximum atomic E-state index is 13.7. The topological polar surface area (TPSA) is 71.4 Å². The van der Waals surface area contributed by atoms with Crippen molar-refractivity contribution in [2.45, 2.75) is 38.1 Å². The van der Waals surface area contributed by atoms with Crippen LogP contribution < -0.4 is 5.32 Å². The lowest BCUT2D eigenvalue weighted by atomic mass is 9.73. The normalized spacial score (nSPS) is 23.2. The number of hydrogen-bond acceptors (Lipinski definition) is 3. The zero-order valence-corrected chi connectivity index (χ0v) is 18.4. The van der Waals surface area contributed by atoms with Crippen LogP contribution >= 0.6 is 0 Å². The summed E-state index contributed by atoms with van der Waals surface area (Å²) in [5, 5.41) is 3.77. The van der Waals surface area contributed by atoms with Crippen LogP contribution in [0.25, 0.3) is 22.2 Å². The van der Waals surface area contributed by atoms with Crippen LogP contribution in [0.3, 0.4) is 0 Å². The number of imide groups is 1. The van der Waals surface area contributed by atoms with Gasteiger partial charge in [0.15, 0.2) is 5.78 Å². The highest BCUT2D eigenvalue weighted by molar-refractivity contribution is 6.17. The maximum Gasteiger partial charge on any atom is 0.325 e. The van der Waals surface area contributed by atoms with Gasteiger partial charge >= 0.3 is 6.03 Å². The lowest BCUT2D eigenvalue weighted by Crippen LogP contribution is -2.54. The Labute approximate surface area is 187 Å². The standard InChI is InChI=1S/C26H27N3O3/c1-17-10-8-9-15-26(17)24(31)29(25(32)27-26)16-21(30)22-19-13-6-7-14-20(19)28(2)23(22)18-11-4-3-5-12-18/h3-7,11-14,17H,8-10,15-16H2,1-2H3,(H,27,32)/t17-,26-/m0/s1. The summed E-state index contributed by atoms with van der Waals surface area (Å²) < 4.78 is 2.01. The van der Waals surface area contributed by atoms with E-state index in [4.69, 9.17) is 0 Å². The van der Waals surface area contributed by atoms with Crippen molar-refractivity contribution >= 4 is 28.6 Å². The number of urea groups is 1. The van der Waals surface area contributed by atoms with E-state index in [1.165, 1.54) is 0 Å². The minimum Gasteiger partial charge on any atom is -0.343 e. The quantitative estimate of drug-likeness (QED) is 0.489. The van der Waals surface area contributed by atoms with Crippen molar-refractivity contribution in [1.29, 1.82) is 0 Å². The first kappa shape index (κ1) is 20.5. The van der Waals surface area contributed by atoms with Gasteiger partial charge in [-0.1, -0.05) is 68.3 Å². The largest absolute Gasteiger partial charge is 0.343 e. The molecule has 6 nitrogen and oxygen atoms in total. The van der Waals surface area contributed by atoms with E-state index in [1.807, 2.05) is 73.1 Å². The summed E-state index contributed by atoms with van der Waals surface area (Å²) >= 11 is 0. The SMILES string of the molecule is C[C@H]1CCCC[C@]12NC(=O)N(CC(=O)c1c(-c3ccccc3)n(C)c3ccccc13)C2=O. The number of para-hydroxylation sites is 1. The first-order valence-corrected chi connectivity index (χ1v) is 11.2. The fourth-order valence-corrected chi connectivity index (χ4v) is 5.47. The Kier molecular flexibility index (Phi) is 4.88. The third kappa shape index (κ3) is 2.97. The Morgan fingerprint density at radius 3 is 2.53 bits per heavy atom. The molecule has 164 valence electrons. The van der Waals surface area contributed by atoms with Gasteiger partial charge in [0.25, 0.3) is 5.91 Å². The number of amides is 3. The van der Waals surface area contributed by atoms with E-state index in [-0.39, 0.29) is 24.2 Å². The fraction of sp³-hybridized carbons (Fsp3) is 0.346. The Bertz CT molecular complexity index is 1230. The predicted molar refractivity (Wildman–Crippen MR) is 123 cm³/mol. The molecular weight excluding hydrogens is 402 g/mol. The first-order valence-electron chi connectivity index (χ1n) is 11.2. The fourth-order valence-electron chi connectivity index (χ4n) is 5.47. The summed E-state index contributed by atoms with van der Waals surface area (Å²) in [6, 6.07) is 17.0. The Hall–Kier alpha value is -3.41. The van der Waals surface area contributed by atoms with E-state index >= 15 is 0 Å². The molecule has 2 fully saturated rings. The van der Waals surface area contributed by atoms with Gasteiger partial charge in [-0.25, -0.2) is 4.79 Å². The summed E-state index contributed by atoms with van der Waals surface area (Å²) in [5.74, 6) is -0.431. The van der Waals surface area contributed by atoms with Crippen molar-refractivity contribution in [1.82, 2.24) is 14.8 Å². The van der Waals surface area contributed by atoms with Crippen molar-refractivity contribution in [3.8, 4) is 11.3 Å². The molecule has 1 saturated carbocycles. The molecule has 3 amide bonds. The molecule has 6 heteroatoms. The molecule has 1 spiro atoms. The van der Waals surface area contributed by atoms with Crippen LogP contribution in [0, 0.1) is 5.92 Å². The third-order valence-electron chi connectivity index (χ3n) is 7.24. The third-order valence-corrected chi connectivity index (χ3v) is 7.24. The van der Waals surface area contributed by atoms with Gasteiger partial charge in [-0.05, 0) is 30.4 Å². The molecule has 2 heterocycles. The van der Waals surface area contributed by atoms with Crippen molar-refractivity contribution < 1.29 is 14.4 Å². The number of benzene rings is 2. The number of nitrogens with zero attached hydrogens (tertiary/aromatic N) is 2. The molecule has 1 aromatic heterocycles. The summed E-state index contributed by atoms with van der Waals surface area (Å²) in [4.78, 5) is 41.0. The van der Waals surface area contributed by atoms with Crippen LogP contribution in [0.4, 0.5) is 4.79 Å². The van der Waals surface area contributed by atoms with Crippen molar-refractivity contribution in [2.24, 2.45) is 13.0 Å². The van der Waals surface area contributed by atoms with Gasteiger partial charge in [-0.15, -0.1) is 0 Å². The number of carbonyl (C=O) groups is 3. The van der Waals surface area contributed by atoms with E-state index in [0.29, 0.717) is 12.0 Å². The van der Waals surface area contributed by atoms with E-state index in [1.54, 1.807) is 0 Å². The average molecular weight is 430 g/mol. The smallest absolute Gasteiger partial charge is 0.325 e. The zero-order chi connectivity index (χ0) is 22.5. The molecule has 2 aliphatic rings. The van der Waals surface area contributed by atoms with Gasteiger partial charge in [0.2, 0.25) is 0 Å². The second kappa shape index (κ2) is 7.62. The van der Waals surface area contributed by atoms with Gasteiger partial charge in [0, 0.05) is 18.0 Å². The minimum absolute atomic E-state index is 0.0604. The van der Waals surface area contributed by atoms with Crippen molar-refractivity contribution in [3.05, 3.63) is 60.2 Å². The number of fused-ring (bicyclic) bond motifs is 1. The first-order chi connectivity index (χ1) is 15.4. The highest BCUT2D eigenvalue weighted by Gasteiger charge is 2.55. The number of aryl methyl sites for hydroxylation is 1. The number of rotatable bonds is 4. The monoisotopic (exact) mass is 429 g/mol. The van der Waals surface area contributed by atoms with Crippen LogP contribution in [0.5, 0.6) is 0 Å². The van der Waals surface area contributed by atoms with E-state index in [9.17, 15) is 14.4 Å². The van der Waals surface area contributed by atoms with Crippen LogP contribution in [0.1, 0.15) is 43.0 Å². The molecule has 1 N–H and O–H groups in total. The van der Waals surface area contributed by atoms with Gasteiger partial charge in [0.05, 0.1) is 17.8 Å². The molecule has 0 radical (unpaired) electrons. The van der Waals surface area contributed by atoms with Crippen molar-refractivity contribution in [2.75, 3.05) is 6.54 Å². The molecule has 0 bridgehead atoms. The molecule has 1 saturated heterocycles. The summed E-state index contributed by atoms with van der Waals surface area (Å²) in [6.45, 7) is 1.76. The van der Waals surface area contributed by atoms with Gasteiger partial charge in [-0.2, -0.15) is 0 Å². The number of ketones is 1. The minimum atomic E-state index is -0.864. The molecule has 5 rings (SSSR count). The summed E-state index contributed by atoms with van der Waals surface area (Å²) in [5.41, 5.74) is 2.34. The molecule has 1 aliphatic carbocycles. The molecular formula is C26H27N3O3. The summed E-state index contributed by atoms with van der Waals surface area (Å²) in [7, 11) is 1.94. The maximum absolute atomic E-state index is 13.7. The number of carbonyl (C=O) groups excluding carboxylic acids is 3. The van der Waals surface area contributed by atoms with Gasteiger partial charge in [0.1, 0.15) is 5.54 Å². The van der Waals surface area contributed by atoms with E-state index in [0.717, 1.165) is 46.3 Å². The molecule has 2 aromatic carbocycles.